The lowest BCUT2D eigenvalue weighted by atomic mass is 10.3. The first kappa shape index (κ1) is 17.8. The van der Waals surface area contributed by atoms with Crippen LogP contribution in [0.4, 0.5) is 5.69 Å². The van der Waals surface area contributed by atoms with Gasteiger partial charge in [-0.1, -0.05) is 13.0 Å². The lowest BCUT2D eigenvalue weighted by Crippen LogP contribution is -2.43. The molecular weight excluding hydrogens is 280 g/mol. The molecule has 0 spiro atoms. The molecule has 3 N–H and O–H groups in total. The van der Waals surface area contributed by atoms with E-state index in [0.717, 1.165) is 23.8 Å². The van der Waals surface area contributed by atoms with Gasteiger partial charge in [-0.3, -0.25) is 9.79 Å². The van der Waals surface area contributed by atoms with E-state index in [2.05, 4.69) is 34.8 Å². The van der Waals surface area contributed by atoms with Crippen LogP contribution in [0.3, 0.4) is 0 Å². The summed E-state index contributed by atoms with van der Waals surface area (Å²) in [6, 6.07) is 7.70. The highest BCUT2D eigenvalue weighted by atomic mass is 16.5. The highest BCUT2D eigenvalue weighted by molar-refractivity contribution is 5.88. The van der Waals surface area contributed by atoms with E-state index in [1.165, 1.54) is 6.92 Å². The molecule has 1 rings (SSSR count). The maximum Gasteiger partial charge on any atom is 0.221 e. The lowest BCUT2D eigenvalue weighted by molar-refractivity contribution is -0.114. The van der Waals surface area contributed by atoms with Crippen LogP contribution in [0.5, 0.6) is 5.75 Å². The van der Waals surface area contributed by atoms with Crippen molar-refractivity contribution in [2.75, 3.05) is 25.5 Å². The first-order chi connectivity index (χ1) is 10.5. The third-order valence-corrected chi connectivity index (χ3v) is 3.04. The Bertz CT molecular complexity index is 503. The van der Waals surface area contributed by atoms with E-state index in [9.17, 15) is 4.79 Å². The Morgan fingerprint density at radius 1 is 1.41 bits per heavy atom. The van der Waals surface area contributed by atoms with Gasteiger partial charge in [0.15, 0.2) is 5.96 Å². The third-order valence-electron chi connectivity index (χ3n) is 3.04. The zero-order valence-electron chi connectivity index (χ0n) is 13.8. The van der Waals surface area contributed by atoms with E-state index >= 15 is 0 Å². The molecule has 0 bridgehead atoms. The number of carbonyl (C=O) groups excluding carboxylic acids is 1. The molecule has 6 nitrogen and oxygen atoms in total. The smallest absolute Gasteiger partial charge is 0.221 e. The number of hydrogen-bond acceptors (Lipinski definition) is 3. The molecule has 0 heterocycles. The van der Waals surface area contributed by atoms with Crippen LogP contribution in [-0.2, 0) is 4.79 Å². The molecule has 0 radical (unpaired) electrons. The van der Waals surface area contributed by atoms with Crippen LogP contribution in [0.1, 0.15) is 27.2 Å². The summed E-state index contributed by atoms with van der Waals surface area (Å²) >= 11 is 0. The van der Waals surface area contributed by atoms with E-state index in [1.807, 2.05) is 18.2 Å². The summed E-state index contributed by atoms with van der Waals surface area (Å²) in [7, 11) is 1.75. The fourth-order valence-corrected chi connectivity index (χ4v) is 1.74. The summed E-state index contributed by atoms with van der Waals surface area (Å²) < 4.78 is 5.66. The van der Waals surface area contributed by atoms with Crippen LogP contribution in [0.15, 0.2) is 29.3 Å². The van der Waals surface area contributed by atoms with Gasteiger partial charge < -0.3 is 20.7 Å². The number of benzene rings is 1. The van der Waals surface area contributed by atoms with Gasteiger partial charge in [0.05, 0.1) is 6.54 Å². The van der Waals surface area contributed by atoms with Crippen molar-refractivity contribution in [2.24, 2.45) is 4.99 Å². The van der Waals surface area contributed by atoms with Gasteiger partial charge in [-0.25, -0.2) is 0 Å². The minimum Gasteiger partial charge on any atom is -0.492 e. The van der Waals surface area contributed by atoms with Gasteiger partial charge in [-0.15, -0.1) is 0 Å². The molecule has 0 aromatic heterocycles. The van der Waals surface area contributed by atoms with Crippen molar-refractivity contribution < 1.29 is 9.53 Å². The van der Waals surface area contributed by atoms with Crippen LogP contribution >= 0.6 is 0 Å². The molecule has 0 aliphatic rings. The fraction of sp³-hybridized carbons (Fsp3) is 0.500. The van der Waals surface area contributed by atoms with Crippen molar-refractivity contribution >= 4 is 17.6 Å². The van der Waals surface area contributed by atoms with Crippen molar-refractivity contribution in [3.05, 3.63) is 24.3 Å². The normalized spacial score (nSPS) is 12.5. The van der Waals surface area contributed by atoms with Gasteiger partial charge >= 0.3 is 0 Å². The predicted octanol–water partition coefficient (Wildman–Crippen LogP) is 1.99. The van der Waals surface area contributed by atoms with Crippen molar-refractivity contribution in [1.29, 1.82) is 0 Å². The average molecular weight is 306 g/mol. The number of anilines is 1. The van der Waals surface area contributed by atoms with Gasteiger partial charge in [0, 0.05) is 31.8 Å². The summed E-state index contributed by atoms with van der Waals surface area (Å²) in [4.78, 5) is 15.2. The van der Waals surface area contributed by atoms with E-state index < -0.39 is 0 Å². The van der Waals surface area contributed by atoms with Gasteiger partial charge in [-0.2, -0.15) is 0 Å². The van der Waals surface area contributed by atoms with E-state index in [-0.39, 0.29) is 5.91 Å². The van der Waals surface area contributed by atoms with Crippen molar-refractivity contribution in [1.82, 2.24) is 10.6 Å². The highest BCUT2D eigenvalue weighted by Gasteiger charge is 2.02. The van der Waals surface area contributed by atoms with Gasteiger partial charge in [0.2, 0.25) is 5.91 Å². The molecule has 1 amide bonds. The second-order valence-electron chi connectivity index (χ2n) is 5.01. The molecule has 1 atom stereocenters. The number of hydrogen-bond donors (Lipinski definition) is 3. The Kier molecular flexibility index (Phi) is 7.81. The van der Waals surface area contributed by atoms with Crippen molar-refractivity contribution in [3.8, 4) is 5.75 Å². The molecule has 0 aliphatic carbocycles. The van der Waals surface area contributed by atoms with Crippen LogP contribution in [0.25, 0.3) is 0 Å². The Morgan fingerprint density at radius 3 is 2.82 bits per heavy atom. The van der Waals surface area contributed by atoms with E-state index in [0.29, 0.717) is 19.2 Å². The van der Waals surface area contributed by atoms with Gasteiger partial charge in [-0.05, 0) is 25.5 Å². The van der Waals surface area contributed by atoms with E-state index in [4.69, 9.17) is 4.74 Å². The first-order valence-corrected chi connectivity index (χ1v) is 7.52. The van der Waals surface area contributed by atoms with Crippen LogP contribution in [0, 0.1) is 0 Å². The summed E-state index contributed by atoms with van der Waals surface area (Å²) in [5.41, 5.74) is 0.729. The lowest BCUT2D eigenvalue weighted by Gasteiger charge is -2.16. The molecule has 122 valence electrons. The van der Waals surface area contributed by atoms with Crippen molar-refractivity contribution in [2.45, 2.75) is 33.2 Å². The number of ether oxygens (including phenoxy) is 1. The fourth-order valence-electron chi connectivity index (χ4n) is 1.74. The molecule has 0 saturated carbocycles. The van der Waals surface area contributed by atoms with E-state index in [1.54, 1.807) is 13.1 Å². The molecule has 0 aliphatic heterocycles. The quantitative estimate of drug-likeness (QED) is 0.409. The number of rotatable bonds is 7. The molecule has 1 unspecified atom stereocenters. The summed E-state index contributed by atoms with van der Waals surface area (Å²) in [6.07, 6.45) is 1.03. The molecule has 0 fully saturated rings. The number of guanidine groups is 1. The number of nitrogens with one attached hydrogen (secondary N) is 3. The minimum absolute atomic E-state index is 0.0984. The van der Waals surface area contributed by atoms with Gasteiger partial charge in [0.1, 0.15) is 12.4 Å². The maximum atomic E-state index is 11.0. The predicted molar refractivity (Wildman–Crippen MR) is 90.5 cm³/mol. The maximum absolute atomic E-state index is 11.0. The zero-order valence-corrected chi connectivity index (χ0v) is 13.8. The summed E-state index contributed by atoms with van der Waals surface area (Å²) in [5.74, 6) is 1.39. The van der Waals surface area contributed by atoms with Crippen molar-refractivity contribution in [3.63, 3.8) is 0 Å². The van der Waals surface area contributed by atoms with Crippen LogP contribution in [-0.4, -0.2) is 38.1 Å². The molecular formula is C16H26N4O2. The Labute approximate surface area is 132 Å². The van der Waals surface area contributed by atoms with Gasteiger partial charge in [0.25, 0.3) is 0 Å². The third kappa shape index (κ3) is 6.97. The molecule has 6 heteroatoms. The zero-order chi connectivity index (χ0) is 16.4. The summed E-state index contributed by atoms with van der Waals surface area (Å²) in [5, 5.41) is 9.20. The number of amides is 1. The second-order valence-corrected chi connectivity index (χ2v) is 5.01. The molecule has 1 aromatic rings. The number of nitrogens with zero attached hydrogens (tertiary/aromatic N) is 1. The Balaban J connectivity index is 2.36. The number of aliphatic imine (C=N–C) groups is 1. The minimum atomic E-state index is -0.0984. The molecule has 22 heavy (non-hydrogen) atoms. The number of carbonyl (C=O) groups is 1. The standard InChI is InChI=1S/C16H26N4O2/c1-5-12(2)19-16(17-4)18-9-10-22-15-8-6-7-14(11-15)20-13(3)21/h6-8,11-12H,5,9-10H2,1-4H3,(H,20,21)(H2,17,18,19). The Hall–Kier alpha value is -2.24. The Morgan fingerprint density at radius 2 is 2.18 bits per heavy atom. The highest BCUT2D eigenvalue weighted by Crippen LogP contribution is 2.16. The van der Waals surface area contributed by atoms with Crippen LogP contribution < -0.4 is 20.7 Å². The summed E-state index contributed by atoms with van der Waals surface area (Å²) in [6.45, 7) is 6.85. The monoisotopic (exact) mass is 306 g/mol. The SMILES string of the molecule is CCC(C)NC(=NC)NCCOc1cccc(NC(C)=O)c1. The largest absolute Gasteiger partial charge is 0.492 e. The topological polar surface area (TPSA) is 74.8 Å². The first-order valence-electron chi connectivity index (χ1n) is 7.52. The molecule has 0 saturated heterocycles. The molecule has 1 aromatic carbocycles. The average Bonchev–Trinajstić information content (AvgIpc) is 2.49. The second kappa shape index (κ2) is 9.65. The van der Waals surface area contributed by atoms with Crippen LogP contribution in [0.2, 0.25) is 0 Å².